The maximum Gasteiger partial charge on any atom is 0.346 e. The number of thiophene rings is 2. The lowest BCUT2D eigenvalue weighted by Gasteiger charge is -2.18. The Hall–Kier alpha value is -6.90. The van der Waals surface area contributed by atoms with Crippen LogP contribution in [0.5, 0.6) is 0 Å². The second-order valence-electron chi connectivity index (χ2n) is 17.7. The Morgan fingerprint density at radius 3 is 1.81 bits per heavy atom. The zero-order valence-corrected chi connectivity index (χ0v) is 40.5. The quantitative estimate of drug-likeness (QED) is 0.0591. The van der Waals surface area contributed by atoms with E-state index in [2.05, 4.69) is 144 Å². The summed E-state index contributed by atoms with van der Waals surface area (Å²) in [5.41, 5.74) is 14.8. The maximum atomic E-state index is 11.5. The second-order valence-corrected chi connectivity index (χ2v) is 20.4. The van der Waals surface area contributed by atoms with Crippen LogP contribution in [0.2, 0.25) is 0 Å². The molecule has 10 heteroatoms. The molecule has 5 heterocycles. The number of hydrogen-bond donors (Lipinski definition) is 1. The monoisotopic (exact) mass is 943 g/mol. The number of fused-ring (bicyclic) bond motifs is 8. The smallest absolute Gasteiger partial charge is 0.346 e. The Morgan fingerprint density at radius 2 is 1.19 bits per heavy atom. The van der Waals surface area contributed by atoms with Gasteiger partial charge < -0.3 is 14.2 Å². The molecule has 68 heavy (non-hydrogen) atoms. The molecule has 336 valence electrons. The van der Waals surface area contributed by atoms with Crippen molar-refractivity contribution in [1.82, 2.24) is 17.9 Å². The van der Waals surface area contributed by atoms with Crippen LogP contribution in [0.1, 0.15) is 70.1 Å². The average molecular weight is 944 g/mol. The van der Waals surface area contributed by atoms with Crippen LogP contribution in [0, 0.1) is 11.3 Å². The van der Waals surface area contributed by atoms with E-state index >= 15 is 0 Å². The van der Waals surface area contributed by atoms with Crippen molar-refractivity contribution in [2.45, 2.75) is 78.3 Å². The number of unbranched alkanes of at least 4 members (excludes halogenated alkanes) is 6. The summed E-state index contributed by atoms with van der Waals surface area (Å²) in [5.74, 6) is -1.22. The fourth-order valence-corrected chi connectivity index (χ4v) is 13.3. The summed E-state index contributed by atoms with van der Waals surface area (Å²) < 4.78 is 17.3. The van der Waals surface area contributed by atoms with Gasteiger partial charge in [0.05, 0.1) is 22.8 Å². The highest BCUT2D eigenvalue weighted by Gasteiger charge is 2.28. The first-order chi connectivity index (χ1) is 33.5. The average Bonchev–Trinajstić information content (AvgIpc) is 4.21. The first-order valence-electron chi connectivity index (χ1n) is 23.8. The minimum absolute atomic E-state index is 0.276. The molecule has 11 rings (SSSR count). The summed E-state index contributed by atoms with van der Waals surface area (Å²) in [5, 5.41) is 23.9. The Kier molecular flexibility index (Phi) is 12.0. The van der Waals surface area contributed by atoms with Crippen LogP contribution in [-0.4, -0.2) is 29.0 Å². The van der Waals surface area contributed by atoms with Gasteiger partial charge in [0.1, 0.15) is 22.7 Å². The van der Waals surface area contributed by atoms with Gasteiger partial charge >= 0.3 is 5.97 Å². The highest BCUT2D eigenvalue weighted by atomic mass is 32.1. The van der Waals surface area contributed by atoms with Gasteiger partial charge in [0.25, 0.3) is 0 Å². The van der Waals surface area contributed by atoms with Crippen LogP contribution in [-0.2, 0) is 17.9 Å². The van der Waals surface area contributed by atoms with Gasteiger partial charge in [0.2, 0.25) is 0 Å². The summed E-state index contributed by atoms with van der Waals surface area (Å²) in [6.45, 7) is 6.43. The Bertz CT molecular complexity index is 3740. The van der Waals surface area contributed by atoms with Gasteiger partial charge in [-0.1, -0.05) is 149 Å². The zero-order valence-electron chi connectivity index (χ0n) is 38.1. The van der Waals surface area contributed by atoms with Gasteiger partial charge in [0, 0.05) is 87.1 Å². The van der Waals surface area contributed by atoms with E-state index in [0.29, 0.717) is 0 Å². The minimum atomic E-state index is -1.22. The summed E-state index contributed by atoms with van der Waals surface area (Å²) >= 11 is 4.36. The van der Waals surface area contributed by atoms with Gasteiger partial charge in [-0.15, -0.1) is 22.7 Å². The summed E-state index contributed by atoms with van der Waals surface area (Å²) in [7, 11) is 0. The molecule has 0 aliphatic rings. The number of para-hydroxylation sites is 1. The van der Waals surface area contributed by atoms with Crippen molar-refractivity contribution in [3.8, 4) is 49.9 Å². The minimum Gasteiger partial charge on any atom is -0.477 e. The van der Waals surface area contributed by atoms with E-state index in [4.69, 9.17) is 8.75 Å². The van der Waals surface area contributed by atoms with Gasteiger partial charge in [-0.25, -0.2) is 4.79 Å². The van der Waals surface area contributed by atoms with E-state index < -0.39 is 5.97 Å². The molecule has 0 atom stereocenters. The second kappa shape index (κ2) is 18.6. The Balaban J connectivity index is 1.18. The number of carboxylic acid groups (broad SMARTS) is 1. The first kappa shape index (κ1) is 43.7. The number of aliphatic carboxylic acids is 1. The van der Waals surface area contributed by atoms with Gasteiger partial charge in [-0.05, 0) is 65.9 Å². The summed E-state index contributed by atoms with van der Waals surface area (Å²) in [4.78, 5) is 13.3. The number of hydrogen-bond acceptors (Lipinski definition) is 7. The van der Waals surface area contributed by atoms with Crippen molar-refractivity contribution in [3.05, 3.63) is 138 Å². The molecule has 0 saturated heterocycles. The molecule has 0 saturated carbocycles. The van der Waals surface area contributed by atoms with Crippen LogP contribution < -0.4 is 0 Å². The van der Waals surface area contributed by atoms with Crippen LogP contribution in [0.4, 0.5) is 0 Å². The van der Waals surface area contributed by atoms with Crippen LogP contribution in [0.25, 0.3) is 114 Å². The van der Waals surface area contributed by atoms with E-state index in [9.17, 15) is 15.2 Å². The van der Waals surface area contributed by atoms with Crippen molar-refractivity contribution in [3.63, 3.8) is 0 Å². The lowest BCUT2D eigenvalue weighted by molar-refractivity contribution is -0.132. The standard InChI is InChI=1S/C58H49N5O2S3/c1-3-5-7-17-29-62-45-24-16-15-23-42(45)52-50(36-19-11-9-12-20-36)57-53(51(56(52)62)37-21-13-10-14-22-37)44-32-38(25-28-46(44)63(57)30-18-8-6-4-2)41-26-27-43(55-54(41)60-68-61-55)47-34-49-48(67-47)33-40(66-49)31-39(35-59)58(64)65/h9-16,19-28,31-34H,3-8,17-18,29-30H2,1-2H3,(H,64,65)/b39-31-. The summed E-state index contributed by atoms with van der Waals surface area (Å²) in [6, 6.07) is 48.7. The third kappa shape index (κ3) is 7.59. The highest BCUT2D eigenvalue weighted by Crippen LogP contribution is 2.52. The number of aryl methyl sites for hydroxylation is 2. The predicted molar refractivity (Wildman–Crippen MR) is 288 cm³/mol. The molecule has 0 aliphatic carbocycles. The van der Waals surface area contributed by atoms with Crippen molar-refractivity contribution in [1.29, 1.82) is 5.26 Å². The highest BCUT2D eigenvalue weighted by molar-refractivity contribution is 7.30. The molecule has 0 aliphatic heterocycles. The fourth-order valence-electron chi connectivity index (χ4n) is 10.4. The molecule has 11 aromatic rings. The molecule has 0 amide bonds. The molecule has 0 unspecified atom stereocenters. The molecule has 6 aromatic carbocycles. The number of rotatable bonds is 16. The molecule has 7 nitrogen and oxygen atoms in total. The summed E-state index contributed by atoms with van der Waals surface area (Å²) in [6.07, 6.45) is 10.8. The van der Waals surface area contributed by atoms with Crippen LogP contribution >= 0.6 is 34.4 Å². The van der Waals surface area contributed by atoms with Crippen molar-refractivity contribution >= 4 is 110 Å². The first-order valence-corrected chi connectivity index (χ1v) is 26.1. The topological polar surface area (TPSA) is 96.7 Å². The normalized spacial score (nSPS) is 12.2. The molecular weight excluding hydrogens is 895 g/mol. The van der Waals surface area contributed by atoms with Gasteiger partial charge in [-0.2, -0.15) is 14.0 Å². The van der Waals surface area contributed by atoms with E-state index in [0.717, 1.165) is 72.8 Å². The number of nitriles is 1. The number of carboxylic acids is 1. The zero-order chi connectivity index (χ0) is 46.3. The molecule has 0 spiro atoms. The Morgan fingerprint density at radius 1 is 0.618 bits per heavy atom. The van der Waals surface area contributed by atoms with E-state index in [1.807, 2.05) is 6.07 Å². The van der Waals surface area contributed by atoms with Crippen molar-refractivity contribution in [2.75, 3.05) is 0 Å². The van der Waals surface area contributed by atoms with Gasteiger partial charge in [0.15, 0.2) is 0 Å². The lowest BCUT2D eigenvalue weighted by Crippen LogP contribution is -2.02. The van der Waals surface area contributed by atoms with E-state index in [1.54, 1.807) is 17.4 Å². The third-order valence-electron chi connectivity index (χ3n) is 13.5. The van der Waals surface area contributed by atoms with Crippen LogP contribution in [0.15, 0.2) is 133 Å². The lowest BCUT2D eigenvalue weighted by atomic mass is 9.89. The number of carbonyl (C=O) groups is 1. The van der Waals surface area contributed by atoms with Crippen LogP contribution in [0.3, 0.4) is 0 Å². The van der Waals surface area contributed by atoms with E-state index in [1.165, 1.54) is 134 Å². The largest absolute Gasteiger partial charge is 0.477 e. The molecule has 0 radical (unpaired) electrons. The molecule has 5 aromatic heterocycles. The fraction of sp³-hybridized carbons (Fsp3) is 0.207. The number of benzene rings is 6. The Labute approximate surface area is 407 Å². The molecule has 0 fully saturated rings. The predicted octanol–water partition coefficient (Wildman–Crippen LogP) is 17.0. The third-order valence-corrected chi connectivity index (χ3v) is 16.3. The number of aromatic nitrogens is 4. The maximum absolute atomic E-state index is 11.5. The van der Waals surface area contributed by atoms with Crippen molar-refractivity contribution in [2.24, 2.45) is 0 Å². The van der Waals surface area contributed by atoms with Crippen molar-refractivity contribution < 1.29 is 9.90 Å². The molecule has 1 N–H and O–H groups in total. The SMILES string of the molecule is CCCCCCn1c2ccccc2c2c(-c3ccccc3)c3c(c(-c4ccccc4)c21)c1cc(-c2ccc(-c4cc5sc(/C=C(/C#N)C(=O)O)cc5s4)c4nsnc24)ccc1n3CCCCCC. The number of nitrogens with zero attached hydrogens (tertiary/aromatic N) is 5. The molecule has 0 bridgehead atoms. The van der Waals surface area contributed by atoms with Gasteiger partial charge in [-0.3, -0.25) is 0 Å². The van der Waals surface area contributed by atoms with E-state index in [-0.39, 0.29) is 5.57 Å². The molecular formula is C58H49N5O2S3.